The Morgan fingerprint density at radius 3 is 1.91 bits per heavy atom. The second kappa shape index (κ2) is 7.11. The van der Waals surface area contributed by atoms with Gasteiger partial charge >= 0.3 is 0 Å². The minimum absolute atomic E-state index is 0.0961. The van der Waals surface area contributed by atoms with Gasteiger partial charge in [-0.05, 0) is 24.0 Å². The second-order valence-electron chi connectivity index (χ2n) is 6.43. The summed E-state index contributed by atoms with van der Waals surface area (Å²) in [6, 6.07) is 22.1. The van der Waals surface area contributed by atoms with Gasteiger partial charge in [-0.2, -0.15) is 0 Å². The van der Waals surface area contributed by atoms with Gasteiger partial charge in [-0.3, -0.25) is 0 Å². The summed E-state index contributed by atoms with van der Waals surface area (Å²) < 4.78 is 5.61. The van der Waals surface area contributed by atoms with Gasteiger partial charge in [0.25, 0.3) is 0 Å². The number of ether oxygens (including phenoxy) is 1. The quantitative estimate of drug-likeness (QED) is 0.473. The van der Waals surface area contributed by atoms with Crippen molar-refractivity contribution in [3.63, 3.8) is 0 Å². The van der Waals surface area contributed by atoms with Gasteiger partial charge in [0.15, 0.2) is 0 Å². The number of unbranched alkanes of at least 4 members (excludes halogenated alkanes) is 2. The molecule has 1 atom stereocenters. The van der Waals surface area contributed by atoms with E-state index in [0.717, 1.165) is 13.0 Å². The monoisotopic (exact) mass is 294 g/mol. The minimum atomic E-state index is 0.0961. The zero-order chi connectivity index (χ0) is 15.3. The van der Waals surface area contributed by atoms with E-state index in [1.54, 1.807) is 0 Å². The van der Waals surface area contributed by atoms with Crippen LogP contribution in [-0.2, 0) is 10.2 Å². The van der Waals surface area contributed by atoms with Crippen molar-refractivity contribution in [3.8, 4) is 0 Å². The van der Waals surface area contributed by atoms with Crippen LogP contribution in [0.25, 0.3) is 0 Å². The first kappa shape index (κ1) is 15.3. The topological polar surface area (TPSA) is 12.5 Å². The molecule has 1 heterocycles. The van der Waals surface area contributed by atoms with E-state index >= 15 is 0 Å². The third-order valence-corrected chi connectivity index (χ3v) is 4.84. The Morgan fingerprint density at radius 2 is 1.45 bits per heavy atom. The number of benzene rings is 2. The molecule has 3 rings (SSSR count). The molecule has 0 N–H and O–H groups in total. The van der Waals surface area contributed by atoms with Crippen molar-refractivity contribution >= 4 is 0 Å². The molecule has 0 unspecified atom stereocenters. The van der Waals surface area contributed by atoms with Crippen molar-refractivity contribution in [2.75, 3.05) is 6.61 Å². The smallest absolute Gasteiger partial charge is 0.0821 e. The van der Waals surface area contributed by atoms with Crippen LogP contribution in [0.3, 0.4) is 0 Å². The van der Waals surface area contributed by atoms with Crippen LogP contribution >= 0.6 is 0 Å². The highest BCUT2D eigenvalue weighted by Crippen LogP contribution is 2.43. The molecule has 2 aromatic rings. The van der Waals surface area contributed by atoms with Gasteiger partial charge in [0.1, 0.15) is 0 Å². The van der Waals surface area contributed by atoms with Crippen LogP contribution in [-0.4, -0.2) is 12.7 Å². The van der Waals surface area contributed by atoms with Crippen LogP contribution in [0.2, 0.25) is 0 Å². The summed E-state index contributed by atoms with van der Waals surface area (Å²) in [5.74, 6) is 0. The number of hydrogen-bond acceptors (Lipinski definition) is 1. The average Bonchev–Trinajstić information content (AvgIpc) is 3.40. The van der Waals surface area contributed by atoms with Crippen LogP contribution in [0.4, 0.5) is 0 Å². The van der Waals surface area contributed by atoms with Gasteiger partial charge in [0, 0.05) is 5.41 Å². The number of hydrogen-bond donors (Lipinski definition) is 0. The predicted molar refractivity (Wildman–Crippen MR) is 92.2 cm³/mol. The molecular weight excluding hydrogens is 268 g/mol. The zero-order valence-electron chi connectivity index (χ0n) is 13.5. The van der Waals surface area contributed by atoms with Gasteiger partial charge in [0.2, 0.25) is 0 Å². The van der Waals surface area contributed by atoms with E-state index in [0.29, 0.717) is 6.10 Å². The number of rotatable bonds is 8. The molecular formula is C21H26O. The van der Waals surface area contributed by atoms with E-state index in [2.05, 4.69) is 67.6 Å². The maximum absolute atomic E-state index is 5.61. The molecule has 0 saturated carbocycles. The molecule has 1 heteroatoms. The second-order valence-corrected chi connectivity index (χ2v) is 6.43. The molecule has 1 nitrogen and oxygen atoms in total. The summed E-state index contributed by atoms with van der Waals surface area (Å²) in [5, 5.41) is 0. The fourth-order valence-corrected chi connectivity index (χ4v) is 3.56. The maximum Gasteiger partial charge on any atom is 0.0821 e. The van der Waals surface area contributed by atoms with E-state index in [9.17, 15) is 0 Å². The van der Waals surface area contributed by atoms with Crippen molar-refractivity contribution in [3.05, 3.63) is 71.8 Å². The summed E-state index contributed by atoms with van der Waals surface area (Å²) in [6.45, 7) is 3.20. The molecule has 1 aliphatic rings. The van der Waals surface area contributed by atoms with Crippen LogP contribution in [0.15, 0.2) is 60.7 Å². The molecule has 0 bridgehead atoms. The van der Waals surface area contributed by atoms with Gasteiger partial charge in [-0.25, -0.2) is 0 Å². The highest BCUT2D eigenvalue weighted by molar-refractivity contribution is 5.39. The van der Waals surface area contributed by atoms with Gasteiger partial charge < -0.3 is 4.74 Å². The summed E-state index contributed by atoms with van der Waals surface area (Å²) >= 11 is 0. The molecule has 22 heavy (non-hydrogen) atoms. The third kappa shape index (κ3) is 3.41. The third-order valence-electron chi connectivity index (χ3n) is 4.84. The molecule has 0 aliphatic carbocycles. The van der Waals surface area contributed by atoms with Crippen molar-refractivity contribution < 1.29 is 4.74 Å². The fourth-order valence-electron chi connectivity index (χ4n) is 3.56. The van der Waals surface area contributed by atoms with Crippen molar-refractivity contribution in [2.24, 2.45) is 0 Å². The largest absolute Gasteiger partial charge is 0.373 e. The van der Waals surface area contributed by atoms with Crippen LogP contribution < -0.4 is 0 Å². The lowest BCUT2D eigenvalue weighted by molar-refractivity contribution is 0.328. The first-order valence-corrected chi connectivity index (χ1v) is 8.58. The lowest BCUT2D eigenvalue weighted by atomic mass is 9.68. The predicted octanol–water partition coefficient (Wildman–Crippen LogP) is 5.34. The maximum atomic E-state index is 5.61. The lowest BCUT2D eigenvalue weighted by Crippen LogP contribution is -2.30. The van der Waals surface area contributed by atoms with E-state index in [1.165, 1.54) is 36.8 Å². The van der Waals surface area contributed by atoms with Crippen molar-refractivity contribution in [2.45, 2.75) is 50.5 Å². The molecule has 1 fully saturated rings. The lowest BCUT2D eigenvalue weighted by Gasteiger charge is -2.35. The Labute approximate surface area is 134 Å². The first-order valence-electron chi connectivity index (χ1n) is 8.58. The zero-order valence-corrected chi connectivity index (χ0v) is 13.5. The Kier molecular flexibility index (Phi) is 4.94. The van der Waals surface area contributed by atoms with Gasteiger partial charge in [-0.1, -0.05) is 86.8 Å². The summed E-state index contributed by atoms with van der Waals surface area (Å²) in [4.78, 5) is 0. The Bertz CT molecular complexity index is 517. The molecule has 0 radical (unpaired) electrons. The van der Waals surface area contributed by atoms with E-state index < -0.39 is 0 Å². The van der Waals surface area contributed by atoms with Crippen LogP contribution in [0.5, 0.6) is 0 Å². The Balaban J connectivity index is 2.00. The van der Waals surface area contributed by atoms with E-state index in [-0.39, 0.29) is 5.41 Å². The van der Waals surface area contributed by atoms with Crippen molar-refractivity contribution in [1.82, 2.24) is 0 Å². The van der Waals surface area contributed by atoms with Gasteiger partial charge in [-0.15, -0.1) is 0 Å². The molecule has 2 aromatic carbocycles. The SMILES string of the molecule is CCCCCC(C[C@H]1CO1)(c1ccccc1)c1ccccc1. The summed E-state index contributed by atoms with van der Waals surface area (Å²) in [7, 11) is 0. The van der Waals surface area contributed by atoms with Crippen LogP contribution in [0.1, 0.15) is 50.2 Å². The average molecular weight is 294 g/mol. The summed E-state index contributed by atoms with van der Waals surface area (Å²) in [5.41, 5.74) is 2.97. The molecule has 1 aliphatic heterocycles. The number of epoxide rings is 1. The minimum Gasteiger partial charge on any atom is -0.373 e. The fraction of sp³-hybridized carbons (Fsp3) is 0.429. The highest BCUT2D eigenvalue weighted by Gasteiger charge is 2.40. The molecule has 1 saturated heterocycles. The standard InChI is InChI=1S/C21H26O/c1-2-3-10-15-21(16-20-17-22-20,18-11-6-4-7-12-18)19-13-8-5-9-14-19/h4-9,11-14,20H,2-3,10,15-17H2,1H3/t20-/m0/s1. The van der Waals surface area contributed by atoms with Crippen molar-refractivity contribution in [1.29, 1.82) is 0 Å². The highest BCUT2D eigenvalue weighted by atomic mass is 16.6. The Morgan fingerprint density at radius 1 is 0.909 bits per heavy atom. The van der Waals surface area contributed by atoms with Crippen LogP contribution in [0, 0.1) is 0 Å². The van der Waals surface area contributed by atoms with E-state index in [4.69, 9.17) is 4.74 Å². The first-order chi connectivity index (χ1) is 10.8. The molecule has 0 aromatic heterocycles. The normalized spacial score (nSPS) is 17.4. The molecule has 0 spiro atoms. The van der Waals surface area contributed by atoms with E-state index in [1.807, 2.05) is 0 Å². The molecule has 116 valence electrons. The summed E-state index contributed by atoms with van der Waals surface area (Å²) in [6.07, 6.45) is 6.57. The van der Waals surface area contributed by atoms with Gasteiger partial charge in [0.05, 0.1) is 12.7 Å². The Hall–Kier alpha value is -1.60. The molecule has 0 amide bonds.